The Hall–Kier alpha value is -2.49. The summed E-state index contributed by atoms with van der Waals surface area (Å²) >= 11 is 0. The monoisotopic (exact) mass is 242 g/mol. The molecule has 92 valence electrons. The zero-order chi connectivity index (χ0) is 13.0. The van der Waals surface area contributed by atoms with E-state index < -0.39 is 5.97 Å². The normalized spacial score (nSPS) is 9.83. The Morgan fingerprint density at radius 2 is 1.89 bits per heavy atom. The number of esters is 1. The molecule has 0 saturated heterocycles. The van der Waals surface area contributed by atoms with E-state index >= 15 is 0 Å². The molecule has 4 heteroatoms. The molecule has 2 aromatic rings. The summed E-state index contributed by atoms with van der Waals surface area (Å²) in [5.41, 5.74) is 8.53. The SMILES string of the molecule is COC(=O)c1ccc(Nc2ccccc2)c(N)c1. The van der Waals surface area contributed by atoms with E-state index in [1.165, 1.54) is 7.11 Å². The first-order valence-corrected chi connectivity index (χ1v) is 5.50. The molecule has 0 aliphatic carbocycles. The van der Waals surface area contributed by atoms with E-state index in [0.717, 1.165) is 11.4 Å². The Kier molecular flexibility index (Phi) is 3.48. The number of para-hydroxylation sites is 1. The van der Waals surface area contributed by atoms with Crippen LogP contribution >= 0.6 is 0 Å². The van der Waals surface area contributed by atoms with E-state index in [2.05, 4.69) is 10.1 Å². The number of rotatable bonds is 3. The molecule has 0 saturated carbocycles. The van der Waals surface area contributed by atoms with Crippen molar-refractivity contribution in [3.05, 3.63) is 54.1 Å². The van der Waals surface area contributed by atoms with Crippen molar-refractivity contribution in [2.24, 2.45) is 0 Å². The third kappa shape index (κ3) is 2.60. The molecule has 4 nitrogen and oxygen atoms in total. The predicted octanol–water partition coefficient (Wildman–Crippen LogP) is 2.80. The predicted molar refractivity (Wildman–Crippen MR) is 71.9 cm³/mol. The quantitative estimate of drug-likeness (QED) is 0.641. The summed E-state index contributed by atoms with van der Waals surface area (Å²) in [6.07, 6.45) is 0. The smallest absolute Gasteiger partial charge is 0.337 e. The van der Waals surface area contributed by atoms with Crippen LogP contribution in [0, 0.1) is 0 Å². The lowest BCUT2D eigenvalue weighted by molar-refractivity contribution is 0.0601. The lowest BCUT2D eigenvalue weighted by Crippen LogP contribution is -2.03. The maximum Gasteiger partial charge on any atom is 0.337 e. The minimum Gasteiger partial charge on any atom is -0.465 e. The van der Waals surface area contributed by atoms with Gasteiger partial charge in [-0.1, -0.05) is 18.2 Å². The van der Waals surface area contributed by atoms with Crippen LogP contribution in [0.2, 0.25) is 0 Å². The lowest BCUT2D eigenvalue weighted by atomic mass is 10.1. The molecule has 2 aromatic carbocycles. The van der Waals surface area contributed by atoms with Crippen molar-refractivity contribution in [3.8, 4) is 0 Å². The molecular formula is C14H14N2O2. The molecule has 0 amide bonds. The van der Waals surface area contributed by atoms with Crippen LogP contribution in [-0.2, 0) is 4.74 Å². The van der Waals surface area contributed by atoms with Crippen molar-refractivity contribution in [2.75, 3.05) is 18.2 Å². The number of nitrogen functional groups attached to an aromatic ring is 1. The van der Waals surface area contributed by atoms with Gasteiger partial charge in [-0.25, -0.2) is 4.79 Å². The average Bonchev–Trinajstić information content (AvgIpc) is 2.41. The fourth-order valence-corrected chi connectivity index (χ4v) is 1.60. The second-order valence-corrected chi connectivity index (χ2v) is 3.78. The number of nitrogens with two attached hydrogens (primary N) is 1. The summed E-state index contributed by atoms with van der Waals surface area (Å²) in [5, 5.41) is 3.18. The molecule has 0 aromatic heterocycles. The number of hydrogen-bond acceptors (Lipinski definition) is 4. The highest BCUT2D eigenvalue weighted by Gasteiger charge is 2.07. The maximum atomic E-state index is 11.3. The summed E-state index contributed by atoms with van der Waals surface area (Å²) in [4.78, 5) is 11.3. The molecule has 0 bridgehead atoms. The van der Waals surface area contributed by atoms with Gasteiger partial charge in [-0.05, 0) is 30.3 Å². The zero-order valence-corrected chi connectivity index (χ0v) is 10.0. The van der Waals surface area contributed by atoms with Crippen LogP contribution in [0.15, 0.2) is 48.5 Å². The Bertz CT molecular complexity index is 553. The Balaban J connectivity index is 2.23. The number of ether oxygens (including phenoxy) is 1. The molecule has 0 unspecified atom stereocenters. The van der Waals surface area contributed by atoms with E-state index in [9.17, 15) is 4.79 Å². The van der Waals surface area contributed by atoms with Gasteiger partial charge in [0.1, 0.15) is 0 Å². The van der Waals surface area contributed by atoms with E-state index in [0.29, 0.717) is 11.3 Å². The largest absolute Gasteiger partial charge is 0.465 e. The number of hydrogen-bond donors (Lipinski definition) is 2. The van der Waals surface area contributed by atoms with Gasteiger partial charge < -0.3 is 15.8 Å². The Morgan fingerprint density at radius 3 is 2.50 bits per heavy atom. The summed E-state index contributed by atoms with van der Waals surface area (Å²) in [7, 11) is 1.34. The highest BCUT2D eigenvalue weighted by Crippen LogP contribution is 2.24. The second kappa shape index (κ2) is 5.23. The second-order valence-electron chi connectivity index (χ2n) is 3.78. The highest BCUT2D eigenvalue weighted by atomic mass is 16.5. The van der Waals surface area contributed by atoms with Gasteiger partial charge in [-0.2, -0.15) is 0 Å². The number of nitrogens with one attached hydrogen (secondary N) is 1. The molecule has 3 N–H and O–H groups in total. The molecular weight excluding hydrogens is 228 g/mol. The first kappa shape index (κ1) is 12.0. The number of benzene rings is 2. The van der Waals surface area contributed by atoms with Crippen LogP contribution in [0.5, 0.6) is 0 Å². The molecule has 0 aliphatic heterocycles. The van der Waals surface area contributed by atoms with Gasteiger partial charge in [-0.3, -0.25) is 0 Å². The summed E-state index contributed by atoms with van der Waals surface area (Å²) in [5.74, 6) is -0.395. The highest BCUT2D eigenvalue weighted by molar-refractivity contribution is 5.92. The summed E-state index contributed by atoms with van der Waals surface area (Å²) in [6, 6.07) is 14.7. The number of carbonyl (C=O) groups is 1. The van der Waals surface area contributed by atoms with Crippen LogP contribution in [0.1, 0.15) is 10.4 Å². The molecule has 2 rings (SSSR count). The topological polar surface area (TPSA) is 64.3 Å². The third-order valence-electron chi connectivity index (χ3n) is 2.53. The Morgan fingerprint density at radius 1 is 1.17 bits per heavy atom. The molecule has 0 atom stereocenters. The van der Waals surface area contributed by atoms with Crippen molar-refractivity contribution in [1.29, 1.82) is 0 Å². The average molecular weight is 242 g/mol. The third-order valence-corrected chi connectivity index (χ3v) is 2.53. The van der Waals surface area contributed by atoms with Gasteiger partial charge >= 0.3 is 5.97 Å². The fraction of sp³-hybridized carbons (Fsp3) is 0.0714. The molecule has 0 heterocycles. The van der Waals surface area contributed by atoms with Crippen molar-refractivity contribution < 1.29 is 9.53 Å². The van der Waals surface area contributed by atoms with Crippen LogP contribution in [0.3, 0.4) is 0 Å². The van der Waals surface area contributed by atoms with Crippen molar-refractivity contribution in [1.82, 2.24) is 0 Å². The molecule has 0 fully saturated rings. The van der Waals surface area contributed by atoms with Gasteiger partial charge in [0, 0.05) is 5.69 Å². The number of carbonyl (C=O) groups excluding carboxylic acids is 1. The maximum absolute atomic E-state index is 11.3. The zero-order valence-electron chi connectivity index (χ0n) is 10.0. The minimum absolute atomic E-state index is 0.395. The lowest BCUT2D eigenvalue weighted by Gasteiger charge is -2.10. The summed E-state index contributed by atoms with van der Waals surface area (Å²) in [6.45, 7) is 0. The number of methoxy groups -OCH3 is 1. The van der Waals surface area contributed by atoms with E-state index in [4.69, 9.17) is 5.73 Å². The molecule has 0 aliphatic rings. The van der Waals surface area contributed by atoms with Crippen LogP contribution in [-0.4, -0.2) is 13.1 Å². The van der Waals surface area contributed by atoms with Gasteiger partial charge in [0.05, 0.1) is 24.0 Å². The minimum atomic E-state index is -0.395. The molecule has 0 radical (unpaired) electrons. The summed E-state index contributed by atoms with van der Waals surface area (Å²) < 4.78 is 4.63. The van der Waals surface area contributed by atoms with Crippen molar-refractivity contribution in [2.45, 2.75) is 0 Å². The first-order chi connectivity index (χ1) is 8.70. The standard InChI is InChI=1S/C14H14N2O2/c1-18-14(17)10-7-8-13(12(15)9-10)16-11-5-3-2-4-6-11/h2-9,16H,15H2,1H3. The number of anilines is 3. The van der Waals surface area contributed by atoms with Crippen LogP contribution in [0.25, 0.3) is 0 Å². The van der Waals surface area contributed by atoms with Crippen LogP contribution in [0.4, 0.5) is 17.1 Å². The van der Waals surface area contributed by atoms with E-state index in [1.807, 2.05) is 30.3 Å². The van der Waals surface area contributed by atoms with Crippen molar-refractivity contribution >= 4 is 23.0 Å². The molecule has 0 spiro atoms. The fourth-order valence-electron chi connectivity index (χ4n) is 1.60. The van der Waals surface area contributed by atoms with Gasteiger partial charge in [0.2, 0.25) is 0 Å². The Labute approximate surface area is 105 Å². The van der Waals surface area contributed by atoms with E-state index in [-0.39, 0.29) is 0 Å². The van der Waals surface area contributed by atoms with Gasteiger partial charge in [0.25, 0.3) is 0 Å². The van der Waals surface area contributed by atoms with E-state index in [1.54, 1.807) is 18.2 Å². The van der Waals surface area contributed by atoms with Crippen molar-refractivity contribution in [3.63, 3.8) is 0 Å². The molecule has 18 heavy (non-hydrogen) atoms. The first-order valence-electron chi connectivity index (χ1n) is 5.50. The van der Waals surface area contributed by atoms with Crippen LogP contribution < -0.4 is 11.1 Å². The van der Waals surface area contributed by atoms with Gasteiger partial charge in [0.15, 0.2) is 0 Å². The van der Waals surface area contributed by atoms with Gasteiger partial charge in [-0.15, -0.1) is 0 Å².